The van der Waals surface area contributed by atoms with E-state index in [4.69, 9.17) is 34.8 Å². The Hall–Kier alpha value is -3.56. The Morgan fingerprint density at radius 2 is 1.53 bits per heavy atom. The normalized spacial score (nSPS) is 14.0. The average Bonchev–Trinajstić information content (AvgIpc) is 3.56. The SMILES string of the molecule is Cc1cccc(N(CC(=O)N(Cc2ccc(Cl)c(Cl)c2)[C@H](Cc2ccccc2)C(=O)NC2CCCC2)S(=O)(=O)c2ccc(Cl)cc2)c1. The number of nitrogens with zero attached hydrogens (tertiary/aromatic N) is 2. The number of hydrogen-bond donors (Lipinski definition) is 1. The Bertz CT molecular complexity index is 1820. The Balaban J connectivity index is 1.58. The highest BCUT2D eigenvalue weighted by atomic mass is 35.5. The number of sulfonamides is 1. The number of rotatable bonds is 12. The van der Waals surface area contributed by atoms with Crippen LogP contribution in [-0.4, -0.2) is 43.8 Å². The highest BCUT2D eigenvalue weighted by molar-refractivity contribution is 7.92. The predicted molar refractivity (Wildman–Crippen MR) is 189 cm³/mol. The summed E-state index contributed by atoms with van der Waals surface area (Å²) in [6.45, 7) is 1.28. The van der Waals surface area contributed by atoms with E-state index in [1.807, 2.05) is 43.3 Å². The fourth-order valence-electron chi connectivity index (χ4n) is 5.80. The summed E-state index contributed by atoms with van der Waals surface area (Å²) in [7, 11) is -4.24. The van der Waals surface area contributed by atoms with Gasteiger partial charge in [-0.05, 0) is 85.0 Å². The van der Waals surface area contributed by atoms with Gasteiger partial charge in [0, 0.05) is 24.0 Å². The smallest absolute Gasteiger partial charge is 0.264 e. The van der Waals surface area contributed by atoms with E-state index in [0.29, 0.717) is 26.3 Å². The molecule has 0 bridgehead atoms. The van der Waals surface area contributed by atoms with Crippen LogP contribution in [0.5, 0.6) is 0 Å². The second-order valence-electron chi connectivity index (χ2n) is 11.8. The van der Waals surface area contributed by atoms with E-state index < -0.39 is 28.5 Å². The van der Waals surface area contributed by atoms with Crippen LogP contribution in [0.15, 0.2) is 102 Å². The van der Waals surface area contributed by atoms with Gasteiger partial charge in [0.25, 0.3) is 10.0 Å². The number of carbonyl (C=O) groups is 2. The zero-order valence-corrected chi connectivity index (χ0v) is 29.0. The van der Waals surface area contributed by atoms with Crippen molar-refractivity contribution in [2.75, 3.05) is 10.8 Å². The van der Waals surface area contributed by atoms with Gasteiger partial charge in [0.2, 0.25) is 11.8 Å². The molecule has 0 spiro atoms. The van der Waals surface area contributed by atoms with Crippen molar-refractivity contribution in [1.29, 1.82) is 0 Å². The molecule has 0 aromatic heterocycles. The molecule has 1 saturated carbocycles. The van der Waals surface area contributed by atoms with Crippen molar-refractivity contribution in [3.8, 4) is 0 Å². The van der Waals surface area contributed by atoms with E-state index in [0.717, 1.165) is 41.1 Å². The molecule has 0 saturated heterocycles. The van der Waals surface area contributed by atoms with Crippen molar-refractivity contribution in [3.05, 3.63) is 129 Å². The molecule has 246 valence electrons. The van der Waals surface area contributed by atoms with Crippen molar-refractivity contribution in [3.63, 3.8) is 0 Å². The number of halogens is 3. The van der Waals surface area contributed by atoms with Crippen LogP contribution in [0.2, 0.25) is 15.1 Å². The lowest BCUT2D eigenvalue weighted by Crippen LogP contribution is -2.54. The van der Waals surface area contributed by atoms with Gasteiger partial charge >= 0.3 is 0 Å². The molecule has 11 heteroatoms. The summed E-state index contributed by atoms with van der Waals surface area (Å²) in [4.78, 5) is 30.2. The summed E-state index contributed by atoms with van der Waals surface area (Å²) in [5.41, 5.74) is 2.63. The molecular formula is C36H36Cl3N3O4S. The van der Waals surface area contributed by atoms with Gasteiger partial charge in [0.1, 0.15) is 12.6 Å². The van der Waals surface area contributed by atoms with Crippen molar-refractivity contribution < 1.29 is 18.0 Å². The van der Waals surface area contributed by atoms with Crippen LogP contribution < -0.4 is 9.62 Å². The van der Waals surface area contributed by atoms with Gasteiger partial charge in [-0.1, -0.05) is 96.2 Å². The minimum Gasteiger partial charge on any atom is -0.352 e. The number of amides is 2. The third-order valence-electron chi connectivity index (χ3n) is 8.28. The quantitative estimate of drug-likeness (QED) is 0.162. The lowest BCUT2D eigenvalue weighted by molar-refractivity contribution is -0.140. The summed E-state index contributed by atoms with van der Waals surface area (Å²) >= 11 is 18.6. The first-order valence-corrected chi connectivity index (χ1v) is 18.0. The maximum absolute atomic E-state index is 14.6. The summed E-state index contributed by atoms with van der Waals surface area (Å²) in [6, 6.07) is 26.3. The average molecular weight is 713 g/mol. The van der Waals surface area contributed by atoms with Gasteiger partial charge in [-0.15, -0.1) is 0 Å². The molecular weight excluding hydrogens is 677 g/mol. The molecule has 2 amide bonds. The molecule has 1 atom stereocenters. The minimum absolute atomic E-state index is 0.00599. The van der Waals surface area contributed by atoms with Crippen LogP contribution >= 0.6 is 34.8 Å². The van der Waals surface area contributed by atoms with E-state index in [9.17, 15) is 18.0 Å². The molecule has 47 heavy (non-hydrogen) atoms. The van der Waals surface area contributed by atoms with Crippen molar-refractivity contribution in [1.82, 2.24) is 10.2 Å². The first-order valence-electron chi connectivity index (χ1n) is 15.4. The first-order chi connectivity index (χ1) is 22.5. The zero-order valence-electron chi connectivity index (χ0n) is 25.9. The van der Waals surface area contributed by atoms with E-state index in [1.54, 1.807) is 36.4 Å². The lowest BCUT2D eigenvalue weighted by Gasteiger charge is -2.34. The monoisotopic (exact) mass is 711 g/mol. The van der Waals surface area contributed by atoms with Crippen molar-refractivity contribution in [2.24, 2.45) is 0 Å². The standard InChI is InChI=1S/C36H36Cl3N3O4S/c1-25-8-7-13-30(20-25)42(47(45,46)31-17-15-28(37)16-18-31)24-35(43)41(23-27-14-19-32(38)33(39)21-27)34(22-26-9-3-2-4-10-26)36(44)40-29-11-5-6-12-29/h2-4,7-10,13-21,29,34H,5-6,11-12,22-24H2,1H3,(H,40,44)/t34-/m1/s1. The second-order valence-corrected chi connectivity index (χ2v) is 14.9. The van der Waals surface area contributed by atoms with Crippen LogP contribution in [0.3, 0.4) is 0 Å². The van der Waals surface area contributed by atoms with Crippen LogP contribution in [0.25, 0.3) is 0 Å². The summed E-state index contributed by atoms with van der Waals surface area (Å²) < 4.78 is 29.4. The van der Waals surface area contributed by atoms with Gasteiger partial charge in [-0.3, -0.25) is 13.9 Å². The lowest BCUT2D eigenvalue weighted by atomic mass is 10.0. The third-order valence-corrected chi connectivity index (χ3v) is 11.1. The summed E-state index contributed by atoms with van der Waals surface area (Å²) in [5.74, 6) is -0.852. The van der Waals surface area contributed by atoms with E-state index in [-0.39, 0.29) is 29.8 Å². The third kappa shape index (κ3) is 8.87. The highest BCUT2D eigenvalue weighted by Gasteiger charge is 2.35. The molecule has 5 rings (SSSR count). The fraction of sp³-hybridized carbons (Fsp3) is 0.278. The van der Waals surface area contributed by atoms with Crippen molar-refractivity contribution >= 4 is 62.3 Å². The summed E-state index contributed by atoms with van der Waals surface area (Å²) in [5, 5.41) is 4.21. The Morgan fingerprint density at radius 3 is 2.19 bits per heavy atom. The van der Waals surface area contributed by atoms with Gasteiger partial charge in [-0.2, -0.15) is 0 Å². The molecule has 4 aromatic carbocycles. The van der Waals surface area contributed by atoms with Crippen molar-refractivity contribution in [2.45, 2.75) is 62.6 Å². The largest absolute Gasteiger partial charge is 0.352 e. The zero-order chi connectivity index (χ0) is 33.6. The Labute approximate surface area is 291 Å². The number of aryl methyl sites for hydroxylation is 1. The van der Waals surface area contributed by atoms with Crippen LogP contribution in [0.4, 0.5) is 5.69 Å². The first kappa shape index (κ1) is 34.8. The summed E-state index contributed by atoms with van der Waals surface area (Å²) in [6.07, 6.45) is 4.00. The number of benzene rings is 4. The van der Waals surface area contributed by atoms with Crippen LogP contribution in [-0.2, 0) is 32.6 Å². The molecule has 4 aromatic rings. The minimum atomic E-state index is -4.24. The van der Waals surface area contributed by atoms with Gasteiger partial charge in [-0.25, -0.2) is 8.42 Å². The molecule has 1 N–H and O–H groups in total. The Morgan fingerprint density at radius 1 is 0.830 bits per heavy atom. The fourth-order valence-corrected chi connectivity index (χ4v) is 7.65. The van der Waals surface area contributed by atoms with E-state index in [1.165, 1.54) is 29.2 Å². The molecule has 1 aliphatic rings. The van der Waals surface area contributed by atoms with Gasteiger partial charge in [0.05, 0.1) is 20.6 Å². The van der Waals surface area contributed by atoms with Gasteiger partial charge in [0.15, 0.2) is 0 Å². The molecule has 0 aliphatic heterocycles. The maximum Gasteiger partial charge on any atom is 0.264 e. The number of nitrogens with one attached hydrogen (secondary N) is 1. The molecule has 7 nitrogen and oxygen atoms in total. The predicted octanol–water partition coefficient (Wildman–Crippen LogP) is 7.85. The molecule has 1 aliphatic carbocycles. The number of carbonyl (C=O) groups excluding carboxylic acids is 2. The van der Waals surface area contributed by atoms with E-state index in [2.05, 4.69) is 5.32 Å². The van der Waals surface area contributed by atoms with E-state index >= 15 is 0 Å². The van der Waals surface area contributed by atoms with Gasteiger partial charge < -0.3 is 10.2 Å². The highest BCUT2D eigenvalue weighted by Crippen LogP contribution is 2.28. The van der Waals surface area contributed by atoms with Crippen LogP contribution in [0.1, 0.15) is 42.4 Å². The molecule has 0 unspecified atom stereocenters. The molecule has 1 fully saturated rings. The topological polar surface area (TPSA) is 86.8 Å². The Kier molecular flexibility index (Phi) is 11.5. The number of anilines is 1. The second kappa shape index (κ2) is 15.6. The maximum atomic E-state index is 14.6. The van der Waals surface area contributed by atoms with Crippen LogP contribution in [0, 0.1) is 6.92 Å². The molecule has 0 radical (unpaired) electrons. The number of hydrogen-bond acceptors (Lipinski definition) is 4. The molecule has 0 heterocycles.